The molecule has 1 saturated carbocycles. The van der Waals surface area contributed by atoms with E-state index < -0.39 is 15.9 Å². The first-order valence-electron chi connectivity index (χ1n) is 8.08. The number of carbonyl (C=O) groups excluding carboxylic acids is 2. The molecule has 1 aliphatic carbocycles. The molecular weight excluding hydrogens is 374 g/mol. The Balaban J connectivity index is 1.75. The molecule has 7 nitrogen and oxygen atoms in total. The van der Waals surface area contributed by atoms with E-state index >= 15 is 0 Å². The summed E-state index contributed by atoms with van der Waals surface area (Å²) in [5, 5.41) is 2.98. The number of carbonyl (C=O) groups is 2. The zero-order valence-electron chi connectivity index (χ0n) is 14.6. The second-order valence-electron chi connectivity index (χ2n) is 6.22. The number of aryl methyl sites for hydroxylation is 1. The number of thiazole rings is 1. The zero-order valence-corrected chi connectivity index (χ0v) is 16.3. The predicted octanol–water partition coefficient (Wildman–Crippen LogP) is 2.69. The van der Waals surface area contributed by atoms with E-state index in [4.69, 9.17) is 0 Å². The minimum Gasteiger partial charge on any atom is -0.298 e. The number of Topliss-reactive ketones (excluding diaryl/α,β-unsaturated/α-hetero) is 1. The van der Waals surface area contributed by atoms with Crippen molar-refractivity contribution in [2.24, 2.45) is 0 Å². The predicted molar refractivity (Wildman–Crippen MR) is 99.2 cm³/mol. The van der Waals surface area contributed by atoms with Crippen LogP contribution in [0.4, 0.5) is 5.13 Å². The molecule has 0 bridgehead atoms. The minimum absolute atomic E-state index is 0.0755. The lowest BCUT2D eigenvalue weighted by atomic mass is 10.2. The number of amides is 1. The summed E-state index contributed by atoms with van der Waals surface area (Å²) in [5.41, 5.74) is 0.887. The number of anilines is 1. The van der Waals surface area contributed by atoms with Crippen LogP contribution in [0.2, 0.25) is 0 Å². The average molecular weight is 393 g/mol. The average Bonchev–Trinajstić information content (AvgIpc) is 3.37. The normalized spacial score (nSPS) is 14.5. The van der Waals surface area contributed by atoms with Gasteiger partial charge >= 0.3 is 0 Å². The highest BCUT2D eigenvalue weighted by Gasteiger charge is 2.35. The van der Waals surface area contributed by atoms with Crippen LogP contribution >= 0.6 is 11.3 Å². The highest BCUT2D eigenvalue weighted by atomic mass is 32.2. The third-order valence-electron chi connectivity index (χ3n) is 4.19. The van der Waals surface area contributed by atoms with Gasteiger partial charge in [-0.05, 0) is 44.0 Å². The van der Waals surface area contributed by atoms with Crippen LogP contribution in [-0.4, -0.2) is 42.5 Å². The molecule has 0 radical (unpaired) electrons. The van der Waals surface area contributed by atoms with Gasteiger partial charge in [-0.2, -0.15) is 4.31 Å². The van der Waals surface area contributed by atoms with Gasteiger partial charge in [0.25, 0.3) is 5.91 Å². The van der Waals surface area contributed by atoms with E-state index in [1.165, 1.54) is 35.5 Å². The second-order valence-corrected chi connectivity index (χ2v) is 9.22. The third kappa shape index (κ3) is 3.69. The number of nitrogens with one attached hydrogen (secondary N) is 1. The zero-order chi connectivity index (χ0) is 19.1. The van der Waals surface area contributed by atoms with Gasteiger partial charge in [-0.1, -0.05) is 11.3 Å². The smallest absolute Gasteiger partial charge is 0.257 e. The van der Waals surface area contributed by atoms with E-state index in [0.29, 0.717) is 21.3 Å². The first-order valence-corrected chi connectivity index (χ1v) is 10.3. The molecule has 26 heavy (non-hydrogen) atoms. The number of ketones is 1. The van der Waals surface area contributed by atoms with Crippen molar-refractivity contribution in [3.63, 3.8) is 0 Å². The molecule has 0 atom stereocenters. The fraction of sp³-hybridized carbons (Fsp3) is 0.353. The van der Waals surface area contributed by atoms with Crippen LogP contribution < -0.4 is 5.32 Å². The Labute approximate surface area is 156 Å². The van der Waals surface area contributed by atoms with Crippen molar-refractivity contribution in [3.8, 4) is 0 Å². The lowest BCUT2D eigenvalue weighted by Gasteiger charge is -2.16. The Kier molecular flexibility index (Phi) is 4.96. The third-order valence-corrected chi connectivity index (χ3v) is 7.29. The highest BCUT2D eigenvalue weighted by Crippen LogP contribution is 2.30. The van der Waals surface area contributed by atoms with Crippen LogP contribution in [-0.2, 0) is 10.0 Å². The number of nitrogens with zero attached hydrogens (tertiary/aromatic N) is 2. The topological polar surface area (TPSA) is 96.4 Å². The number of hydrogen-bond donors (Lipinski definition) is 1. The molecule has 1 N–H and O–H groups in total. The summed E-state index contributed by atoms with van der Waals surface area (Å²) in [6.45, 7) is 3.16. The maximum Gasteiger partial charge on any atom is 0.257 e. The van der Waals surface area contributed by atoms with Crippen molar-refractivity contribution in [2.45, 2.75) is 37.6 Å². The van der Waals surface area contributed by atoms with Crippen molar-refractivity contribution < 1.29 is 18.0 Å². The van der Waals surface area contributed by atoms with Gasteiger partial charge in [0.15, 0.2) is 10.9 Å². The summed E-state index contributed by atoms with van der Waals surface area (Å²) in [6.07, 6.45) is 1.76. The number of rotatable bonds is 6. The van der Waals surface area contributed by atoms with Crippen LogP contribution in [0.25, 0.3) is 0 Å². The molecule has 0 aliphatic heterocycles. The largest absolute Gasteiger partial charge is 0.298 e. The molecule has 1 heterocycles. The molecule has 9 heteroatoms. The molecule has 1 fully saturated rings. The molecule has 0 spiro atoms. The molecule has 1 aromatic heterocycles. The lowest BCUT2D eigenvalue weighted by molar-refractivity contribution is 0.101. The Hall–Kier alpha value is -2.10. The number of sulfonamides is 1. The number of hydrogen-bond acceptors (Lipinski definition) is 6. The van der Waals surface area contributed by atoms with Crippen molar-refractivity contribution in [1.82, 2.24) is 9.29 Å². The molecular formula is C17H19N3O4S2. The molecule has 2 aromatic rings. The standard InChI is InChI=1S/C17H19N3O4S2/c1-10-15(11(2)21)25-17(18-10)19-16(22)12-4-8-14(9-5-12)26(23,24)20(3)13-6-7-13/h4-5,8-9,13H,6-7H2,1-3H3,(H,18,19,22). The molecule has 1 aromatic carbocycles. The van der Waals surface area contributed by atoms with Crippen LogP contribution in [0.3, 0.4) is 0 Å². The fourth-order valence-corrected chi connectivity index (χ4v) is 4.80. The highest BCUT2D eigenvalue weighted by molar-refractivity contribution is 7.89. The Morgan fingerprint density at radius 2 is 1.85 bits per heavy atom. The van der Waals surface area contributed by atoms with Crippen molar-refractivity contribution >= 4 is 38.2 Å². The van der Waals surface area contributed by atoms with E-state index in [-0.39, 0.29) is 16.7 Å². The second kappa shape index (κ2) is 6.90. The van der Waals surface area contributed by atoms with Gasteiger partial charge in [0.05, 0.1) is 15.5 Å². The van der Waals surface area contributed by atoms with Gasteiger partial charge in [0.2, 0.25) is 10.0 Å². The van der Waals surface area contributed by atoms with E-state index in [9.17, 15) is 18.0 Å². The van der Waals surface area contributed by atoms with Crippen LogP contribution in [0.1, 0.15) is 45.5 Å². The van der Waals surface area contributed by atoms with Gasteiger partial charge in [-0.3, -0.25) is 14.9 Å². The Morgan fingerprint density at radius 3 is 2.35 bits per heavy atom. The van der Waals surface area contributed by atoms with Crippen LogP contribution in [0.15, 0.2) is 29.2 Å². The summed E-state index contributed by atoms with van der Waals surface area (Å²) < 4.78 is 26.3. The molecule has 0 saturated heterocycles. The molecule has 1 amide bonds. The Bertz CT molecular complexity index is 960. The number of aromatic nitrogens is 1. The van der Waals surface area contributed by atoms with E-state index in [1.807, 2.05) is 0 Å². The summed E-state index contributed by atoms with van der Waals surface area (Å²) in [5.74, 6) is -0.511. The molecule has 3 rings (SSSR count). The van der Waals surface area contributed by atoms with Crippen molar-refractivity contribution in [1.29, 1.82) is 0 Å². The summed E-state index contributed by atoms with van der Waals surface area (Å²) in [4.78, 5) is 28.6. The van der Waals surface area contributed by atoms with Crippen LogP contribution in [0.5, 0.6) is 0 Å². The Morgan fingerprint density at radius 1 is 1.23 bits per heavy atom. The maximum absolute atomic E-state index is 12.5. The summed E-state index contributed by atoms with van der Waals surface area (Å²) in [7, 11) is -1.96. The molecule has 1 aliphatic rings. The maximum atomic E-state index is 12.5. The quantitative estimate of drug-likeness (QED) is 0.761. The van der Waals surface area contributed by atoms with Gasteiger partial charge in [0, 0.05) is 25.6 Å². The lowest BCUT2D eigenvalue weighted by Crippen LogP contribution is -2.29. The monoisotopic (exact) mass is 393 g/mol. The molecule has 138 valence electrons. The van der Waals surface area contributed by atoms with Gasteiger partial charge in [0.1, 0.15) is 0 Å². The van der Waals surface area contributed by atoms with Gasteiger partial charge in [-0.15, -0.1) is 0 Å². The first-order chi connectivity index (χ1) is 12.2. The fourth-order valence-electron chi connectivity index (χ4n) is 2.52. The minimum atomic E-state index is -3.54. The number of benzene rings is 1. The van der Waals surface area contributed by atoms with Crippen molar-refractivity contribution in [2.75, 3.05) is 12.4 Å². The SMILES string of the molecule is CC(=O)c1sc(NC(=O)c2ccc(S(=O)(=O)N(C)C3CC3)cc2)nc1C. The summed E-state index contributed by atoms with van der Waals surface area (Å²) in [6, 6.07) is 5.87. The van der Waals surface area contributed by atoms with E-state index in [2.05, 4.69) is 10.3 Å². The van der Waals surface area contributed by atoms with Gasteiger partial charge in [-0.25, -0.2) is 13.4 Å². The molecule has 0 unspecified atom stereocenters. The van der Waals surface area contributed by atoms with Crippen LogP contribution in [0, 0.1) is 6.92 Å². The van der Waals surface area contributed by atoms with E-state index in [1.54, 1.807) is 14.0 Å². The summed E-state index contributed by atoms with van der Waals surface area (Å²) >= 11 is 1.12. The van der Waals surface area contributed by atoms with E-state index in [0.717, 1.165) is 24.2 Å². The van der Waals surface area contributed by atoms with Gasteiger partial charge < -0.3 is 0 Å². The van der Waals surface area contributed by atoms with Crippen molar-refractivity contribution in [3.05, 3.63) is 40.4 Å². The first kappa shape index (κ1) is 18.7.